The predicted octanol–water partition coefficient (Wildman–Crippen LogP) is 1.02. The highest BCUT2D eigenvalue weighted by Crippen LogP contribution is 2.31. The van der Waals surface area contributed by atoms with E-state index >= 15 is 0 Å². The summed E-state index contributed by atoms with van der Waals surface area (Å²) < 4.78 is 0. The average molecular weight is 240 g/mol. The van der Waals surface area contributed by atoms with E-state index in [0.717, 1.165) is 51.4 Å². The zero-order valence-corrected chi connectivity index (χ0v) is 10.7. The van der Waals surface area contributed by atoms with Gasteiger partial charge in [0.1, 0.15) is 0 Å². The number of rotatable bonds is 2. The lowest BCUT2D eigenvalue weighted by Gasteiger charge is -2.39. The van der Waals surface area contributed by atoms with E-state index in [4.69, 9.17) is 5.73 Å². The number of carbonyl (C=O) groups is 1. The summed E-state index contributed by atoms with van der Waals surface area (Å²) >= 11 is 0. The lowest BCUT2D eigenvalue weighted by Crippen LogP contribution is -2.57. The van der Waals surface area contributed by atoms with E-state index in [2.05, 4.69) is 0 Å². The molecule has 4 nitrogen and oxygen atoms in total. The molecule has 0 saturated heterocycles. The molecule has 0 radical (unpaired) electrons. The number of carbonyl (C=O) groups excluding carboxylic acids is 1. The first kappa shape index (κ1) is 12.8. The molecule has 0 bridgehead atoms. The Morgan fingerprint density at radius 3 is 2.41 bits per heavy atom. The normalized spacial score (nSPS) is 32.4. The van der Waals surface area contributed by atoms with Gasteiger partial charge in [0.15, 0.2) is 0 Å². The largest absolute Gasteiger partial charge is 0.391 e. The van der Waals surface area contributed by atoms with Gasteiger partial charge in [-0.05, 0) is 25.7 Å². The number of aliphatic hydroxyl groups is 1. The number of hydrogen-bond donors (Lipinski definition) is 2. The molecule has 2 aliphatic rings. The minimum atomic E-state index is -0.661. The molecule has 2 unspecified atom stereocenters. The van der Waals surface area contributed by atoms with Crippen LogP contribution in [-0.2, 0) is 4.79 Å². The lowest BCUT2D eigenvalue weighted by atomic mass is 9.89. The van der Waals surface area contributed by atoms with Crippen LogP contribution < -0.4 is 5.73 Å². The van der Waals surface area contributed by atoms with Crippen LogP contribution >= 0.6 is 0 Å². The van der Waals surface area contributed by atoms with Crippen LogP contribution in [0.5, 0.6) is 0 Å². The SMILES string of the molecule is CN(C(=O)C1(N)CCCC1)C1CCCCC1O. The quantitative estimate of drug-likeness (QED) is 0.757. The van der Waals surface area contributed by atoms with E-state index in [0.29, 0.717) is 0 Å². The van der Waals surface area contributed by atoms with Gasteiger partial charge in [0.2, 0.25) is 5.91 Å². The Balaban J connectivity index is 2.03. The van der Waals surface area contributed by atoms with E-state index in [9.17, 15) is 9.90 Å². The fraction of sp³-hybridized carbons (Fsp3) is 0.923. The second-order valence-corrected chi connectivity index (χ2v) is 5.70. The Bertz CT molecular complexity index is 287. The summed E-state index contributed by atoms with van der Waals surface area (Å²) in [4.78, 5) is 14.1. The topological polar surface area (TPSA) is 66.6 Å². The zero-order valence-electron chi connectivity index (χ0n) is 10.7. The summed E-state index contributed by atoms with van der Waals surface area (Å²) in [5.41, 5.74) is 5.52. The molecule has 0 aromatic carbocycles. The van der Waals surface area contributed by atoms with E-state index in [1.807, 2.05) is 0 Å². The summed E-state index contributed by atoms with van der Waals surface area (Å²) in [5.74, 6) is 0.0287. The summed E-state index contributed by atoms with van der Waals surface area (Å²) in [6.45, 7) is 0. The van der Waals surface area contributed by atoms with Crippen LogP contribution in [0.25, 0.3) is 0 Å². The first-order valence-electron chi connectivity index (χ1n) is 6.79. The smallest absolute Gasteiger partial charge is 0.242 e. The van der Waals surface area contributed by atoms with Crippen molar-refractivity contribution in [3.63, 3.8) is 0 Å². The fourth-order valence-electron chi connectivity index (χ4n) is 3.27. The molecule has 17 heavy (non-hydrogen) atoms. The van der Waals surface area contributed by atoms with Gasteiger partial charge in [-0.3, -0.25) is 4.79 Å². The molecule has 3 N–H and O–H groups in total. The van der Waals surface area contributed by atoms with E-state index in [-0.39, 0.29) is 18.1 Å². The third-order valence-electron chi connectivity index (χ3n) is 4.43. The van der Waals surface area contributed by atoms with Crippen molar-refractivity contribution < 1.29 is 9.90 Å². The lowest BCUT2D eigenvalue weighted by molar-refractivity contribution is -0.141. The maximum atomic E-state index is 12.4. The van der Waals surface area contributed by atoms with Gasteiger partial charge in [-0.2, -0.15) is 0 Å². The van der Waals surface area contributed by atoms with Gasteiger partial charge in [-0.15, -0.1) is 0 Å². The van der Waals surface area contributed by atoms with Gasteiger partial charge in [-0.25, -0.2) is 0 Å². The second-order valence-electron chi connectivity index (χ2n) is 5.70. The molecule has 0 aromatic rings. The molecule has 0 heterocycles. The van der Waals surface area contributed by atoms with Crippen molar-refractivity contribution in [2.24, 2.45) is 5.73 Å². The summed E-state index contributed by atoms with van der Waals surface area (Å²) in [5, 5.41) is 9.98. The van der Waals surface area contributed by atoms with Crippen LogP contribution in [0.15, 0.2) is 0 Å². The number of amides is 1. The molecule has 4 heteroatoms. The molecule has 2 aliphatic carbocycles. The third kappa shape index (κ3) is 2.47. The molecule has 2 saturated carbocycles. The van der Waals surface area contributed by atoms with Gasteiger partial charge < -0.3 is 15.7 Å². The van der Waals surface area contributed by atoms with Crippen molar-refractivity contribution in [3.8, 4) is 0 Å². The highest BCUT2D eigenvalue weighted by atomic mass is 16.3. The minimum Gasteiger partial charge on any atom is -0.391 e. The monoisotopic (exact) mass is 240 g/mol. The predicted molar refractivity (Wildman–Crippen MR) is 66.4 cm³/mol. The van der Waals surface area contributed by atoms with E-state index in [1.165, 1.54) is 0 Å². The Morgan fingerprint density at radius 2 is 1.82 bits per heavy atom. The Labute approximate surface area is 103 Å². The summed E-state index contributed by atoms with van der Waals surface area (Å²) in [7, 11) is 1.80. The Kier molecular flexibility index (Phi) is 3.73. The Morgan fingerprint density at radius 1 is 1.24 bits per heavy atom. The number of nitrogens with two attached hydrogens (primary N) is 1. The van der Waals surface area contributed by atoms with Crippen LogP contribution in [0.2, 0.25) is 0 Å². The molecule has 2 atom stereocenters. The van der Waals surface area contributed by atoms with Crippen LogP contribution in [-0.4, -0.2) is 40.6 Å². The highest BCUT2D eigenvalue weighted by Gasteiger charge is 2.42. The maximum absolute atomic E-state index is 12.4. The molecular weight excluding hydrogens is 216 g/mol. The molecule has 0 spiro atoms. The van der Waals surface area contributed by atoms with Crippen LogP contribution in [0.4, 0.5) is 0 Å². The van der Waals surface area contributed by atoms with Gasteiger partial charge in [-0.1, -0.05) is 25.7 Å². The minimum absolute atomic E-state index is 0.0287. The number of nitrogens with zero attached hydrogens (tertiary/aromatic N) is 1. The molecule has 0 aromatic heterocycles. The molecular formula is C13H24N2O2. The molecule has 1 amide bonds. The van der Waals surface area contributed by atoms with Crippen molar-refractivity contribution in [3.05, 3.63) is 0 Å². The number of likely N-dealkylation sites (N-methyl/N-ethyl adjacent to an activating group) is 1. The molecule has 0 aliphatic heterocycles. The summed E-state index contributed by atoms with van der Waals surface area (Å²) in [6, 6.07) is -0.0303. The Hall–Kier alpha value is -0.610. The molecule has 98 valence electrons. The van der Waals surface area contributed by atoms with Crippen molar-refractivity contribution >= 4 is 5.91 Å². The van der Waals surface area contributed by atoms with Gasteiger partial charge in [0.05, 0.1) is 17.7 Å². The third-order valence-corrected chi connectivity index (χ3v) is 4.43. The average Bonchev–Trinajstić information content (AvgIpc) is 2.76. The van der Waals surface area contributed by atoms with Gasteiger partial charge >= 0.3 is 0 Å². The fourth-order valence-corrected chi connectivity index (χ4v) is 3.27. The van der Waals surface area contributed by atoms with Crippen LogP contribution in [0.1, 0.15) is 51.4 Å². The number of hydrogen-bond acceptors (Lipinski definition) is 3. The van der Waals surface area contributed by atoms with Crippen molar-refractivity contribution in [2.75, 3.05) is 7.05 Å². The first-order chi connectivity index (χ1) is 8.04. The van der Waals surface area contributed by atoms with E-state index < -0.39 is 5.54 Å². The maximum Gasteiger partial charge on any atom is 0.242 e. The second kappa shape index (κ2) is 4.94. The van der Waals surface area contributed by atoms with Gasteiger partial charge in [0, 0.05) is 7.05 Å². The highest BCUT2D eigenvalue weighted by molar-refractivity contribution is 5.86. The van der Waals surface area contributed by atoms with Crippen molar-refractivity contribution in [2.45, 2.75) is 69.1 Å². The van der Waals surface area contributed by atoms with Crippen LogP contribution in [0.3, 0.4) is 0 Å². The summed E-state index contributed by atoms with van der Waals surface area (Å²) in [6.07, 6.45) is 7.16. The zero-order chi connectivity index (χ0) is 12.5. The van der Waals surface area contributed by atoms with E-state index in [1.54, 1.807) is 11.9 Å². The van der Waals surface area contributed by atoms with Crippen molar-refractivity contribution in [1.29, 1.82) is 0 Å². The first-order valence-corrected chi connectivity index (χ1v) is 6.79. The molecule has 2 fully saturated rings. The standard InChI is InChI=1S/C13H24N2O2/c1-15(10-6-2-3-7-11(10)16)12(17)13(14)8-4-5-9-13/h10-11,16H,2-9,14H2,1H3. The van der Waals surface area contributed by atoms with Crippen LogP contribution in [0, 0.1) is 0 Å². The van der Waals surface area contributed by atoms with Crippen molar-refractivity contribution in [1.82, 2.24) is 4.90 Å². The molecule has 2 rings (SSSR count). The van der Waals surface area contributed by atoms with Gasteiger partial charge in [0.25, 0.3) is 0 Å². The number of aliphatic hydroxyl groups excluding tert-OH is 1.